The molecule has 0 radical (unpaired) electrons. The lowest BCUT2D eigenvalue weighted by atomic mass is 10.0. The Bertz CT molecular complexity index is 908. The summed E-state index contributed by atoms with van der Waals surface area (Å²) in [6, 6.07) is 15.3. The molecule has 0 unspecified atom stereocenters. The minimum absolute atomic E-state index is 0.170. The summed E-state index contributed by atoms with van der Waals surface area (Å²) in [6.45, 7) is 0. The molecule has 0 saturated heterocycles. The molecule has 0 atom stereocenters. The molecule has 0 N–H and O–H groups in total. The van der Waals surface area contributed by atoms with Crippen LogP contribution in [0.15, 0.2) is 60.8 Å². The number of pyridine rings is 1. The molecule has 0 aliphatic carbocycles. The van der Waals surface area contributed by atoms with E-state index in [1.165, 1.54) is 13.3 Å². The zero-order valence-corrected chi connectivity index (χ0v) is 15.0. The van der Waals surface area contributed by atoms with Crippen LogP contribution in [0.25, 0.3) is 0 Å². The van der Waals surface area contributed by atoms with Crippen molar-refractivity contribution in [1.82, 2.24) is 4.98 Å². The second-order valence-electron chi connectivity index (χ2n) is 5.34. The molecule has 0 fully saturated rings. The van der Waals surface area contributed by atoms with Crippen LogP contribution in [0.3, 0.4) is 0 Å². The highest BCUT2D eigenvalue weighted by Gasteiger charge is 2.13. The van der Waals surface area contributed by atoms with Gasteiger partial charge in [0.2, 0.25) is 5.88 Å². The van der Waals surface area contributed by atoms with Crippen molar-refractivity contribution in [3.63, 3.8) is 0 Å². The van der Waals surface area contributed by atoms with E-state index in [1.54, 1.807) is 61.7 Å². The van der Waals surface area contributed by atoms with E-state index in [1.807, 2.05) is 0 Å². The molecular weight excluding hydrogens is 354 g/mol. The molecule has 1 aromatic heterocycles. The van der Waals surface area contributed by atoms with Crippen molar-refractivity contribution in [3.05, 3.63) is 76.9 Å². The minimum Gasteiger partial charge on any atom is -0.493 e. The Hall–Kier alpha value is -3.05. The van der Waals surface area contributed by atoms with E-state index in [4.69, 9.17) is 25.8 Å². The van der Waals surface area contributed by atoms with Gasteiger partial charge in [-0.1, -0.05) is 11.6 Å². The Morgan fingerprint density at radius 3 is 2.19 bits per heavy atom. The van der Waals surface area contributed by atoms with Crippen molar-refractivity contribution in [2.24, 2.45) is 0 Å². The van der Waals surface area contributed by atoms with Crippen molar-refractivity contribution < 1.29 is 19.0 Å². The van der Waals surface area contributed by atoms with E-state index in [0.29, 0.717) is 39.3 Å². The maximum Gasteiger partial charge on any atom is 0.219 e. The zero-order chi connectivity index (χ0) is 18.5. The number of ether oxygens (including phenoxy) is 3. The predicted octanol–water partition coefficient (Wildman–Crippen LogP) is 4.78. The topological polar surface area (TPSA) is 57.7 Å². The SMILES string of the molecule is COc1ccc(C(=O)c2ccc(Oc3ccc(Cl)cc3)nc2)cc1OC. The molecule has 0 spiro atoms. The molecule has 2 aromatic carbocycles. The maximum absolute atomic E-state index is 12.6. The third-order valence-corrected chi connectivity index (χ3v) is 3.93. The first-order valence-corrected chi connectivity index (χ1v) is 8.14. The van der Waals surface area contributed by atoms with Gasteiger partial charge in [-0.05, 0) is 48.5 Å². The second-order valence-corrected chi connectivity index (χ2v) is 5.78. The molecule has 0 saturated carbocycles. The van der Waals surface area contributed by atoms with E-state index in [9.17, 15) is 4.79 Å². The van der Waals surface area contributed by atoms with Crippen LogP contribution < -0.4 is 14.2 Å². The Morgan fingerprint density at radius 2 is 1.58 bits per heavy atom. The smallest absolute Gasteiger partial charge is 0.219 e. The van der Waals surface area contributed by atoms with Crippen molar-refractivity contribution in [1.29, 1.82) is 0 Å². The van der Waals surface area contributed by atoms with Gasteiger partial charge in [0.25, 0.3) is 0 Å². The number of carbonyl (C=O) groups excluding carboxylic acids is 1. The first kappa shape index (κ1) is 17.8. The summed E-state index contributed by atoms with van der Waals surface area (Å²) in [5.41, 5.74) is 0.927. The fourth-order valence-electron chi connectivity index (χ4n) is 2.34. The van der Waals surface area contributed by atoms with Gasteiger partial charge in [-0.15, -0.1) is 0 Å². The summed E-state index contributed by atoms with van der Waals surface area (Å²) in [4.78, 5) is 16.8. The lowest BCUT2D eigenvalue weighted by Crippen LogP contribution is -2.03. The number of ketones is 1. The number of hydrogen-bond donors (Lipinski definition) is 0. The van der Waals surface area contributed by atoms with E-state index >= 15 is 0 Å². The summed E-state index contributed by atoms with van der Waals surface area (Å²) in [5.74, 6) is 1.89. The molecule has 3 rings (SSSR count). The van der Waals surface area contributed by atoms with Gasteiger partial charge >= 0.3 is 0 Å². The van der Waals surface area contributed by atoms with Gasteiger partial charge < -0.3 is 14.2 Å². The van der Waals surface area contributed by atoms with Gasteiger partial charge in [-0.25, -0.2) is 4.98 Å². The van der Waals surface area contributed by atoms with Gasteiger partial charge in [0.15, 0.2) is 17.3 Å². The lowest BCUT2D eigenvalue weighted by molar-refractivity contribution is 0.103. The molecule has 26 heavy (non-hydrogen) atoms. The van der Waals surface area contributed by atoms with E-state index in [-0.39, 0.29) is 5.78 Å². The average molecular weight is 370 g/mol. The number of hydrogen-bond acceptors (Lipinski definition) is 5. The first-order valence-electron chi connectivity index (χ1n) is 7.77. The first-order chi connectivity index (χ1) is 12.6. The lowest BCUT2D eigenvalue weighted by Gasteiger charge is -2.09. The van der Waals surface area contributed by atoms with E-state index in [2.05, 4.69) is 4.98 Å². The molecular formula is C20H16ClNO4. The molecule has 0 aliphatic heterocycles. The Balaban J connectivity index is 1.77. The van der Waals surface area contributed by atoms with Crippen LogP contribution in [0, 0.1) is 0 Å². The van der Waals surface area contributed by atoms with E-state index in [0.717, 1.165) is 0 Å². The van der Waals surface area contributed by atoms with Crippen molar-refractivity contribution >= 4 is 17.4 Å². The molecule has 5 nitrogen and oxygen atoms in total. The molecule has 1 heterocycles. The molecule has 132 valence electrons. The number of nitrogens with zero attached hydrogens (tertiary/aromatic N) is 1. The quantitative estimate of drug-likeness (QED) is 0.585. The van der Waals surface area contributed by atoms with Crippen molar-refractivity contribution in [3.8, 4) is 23.1 Å². The molecule has 0 amide bonds. The third kappa shape index (κ3) is 3.95. The average Bonchev–Trinajstić information content (AvgIpc) is 2.69. The number of halogens is 1. The molecule has 3 aromatic rings. The van der Waals surface area contributed by atoms with Crippen LogP contribution in [0.5, 0.6) is 23.1 Å². The number of benzene rings is 2. The third-order valence-electron chi connectivity index (χ3n) is 3.68. The molecule has 6 heteroatoms. The standard InChI is InChI=1S/C20H16ClNO4/c1-24-17-9-3-13(11-18(17)25-2)20(23)14-4-10-19(22-12-14)26-16-7-5-15(21)6-8-16/h3-12H,1-2H3. The molecule has 0 aliphatic rings. The van der Waals surface area contributed by atoms with Crippen LogP contribution in [-0.4, -0.2) is 25.0 Å². The summed E-state index contributed by atoms with van der Waals surface area (Å²) >= 11 is 5.84. The van der Waals surface area contributed by atoms with Crippen LogP contribution >= 0.6 is 11.6 Å². The van der Waals surface area contributed by atoms with Crippen LogP contribution in [0.1, 0.15) is 15.9 Å². The predicted molar refractivity (Wildman–Crippen MR) is 98.7 cm³/mol. The Kier molecular flexibility index (Phi) is 5.39. The highest BCUT2D eigenvalue weighted by molar-refractivity contribution is 6.30. The van der Waals surface area contributed by atoms with Crippen LogP contribution in [0.2, 0.25) is 5.02 Å². The number of carbonyl (C=O) groups is 1. The summed E-state index contributed by atoms with van der Waals surface area (Å²) in [5, 5.41) is 0.626. The zero-order valence-electron chi connectivity index (χ0n) is 14.2. The summed E-state index contributed by atoms with van der Waals surface area (Å²) < 4.78 is 16.0. The van der Waals surface area contributed by atoms with Crippen LogP contribution in [-0.2, 0) is 0 Å². The monoisotopic (exact) mass is 369 g/mol. The van der Waals surface area contributed by atoms with Gasteiger partial charge in [0, 0.05) is 28.4 Å². The van der Waals surface area contributed by atoms with Gasteiger partial charge in [0.1, 0.15) is 5.75 Å². The van der Waals surface area contributed by atoms with Gasteiger partial charge in [-0.2, -0.15) is 0 Å². The highest BCUT2D eigenvalue weighted by Crippen LogP contribution is 2.29. The fourth-order valence-corrected chi connectivity index (χ4v) is 2.47. The normalized spacial score (nSPS) is 10.3. The largest absolute Gasteiger partial charge is 0.493 e. The summed E-state index contributed by atoms with van der Waals surface area (Å²) in [7, 11) is 3.07. The number of aromatic nitrogens is 1. The minimum atomic E-state index is -0.170. The number of methoxy groups -OCH3 is 2. The Morgan fingerprint density at radius 1 is 0.885 bits per heavy atom. The highest BCUT2D eigenvalue weighted by atomic mass is 35.5. The molecule has 0 bridgehead atoms. The number of rotatable bonds is 6. The Labute approximate surface area is 156 Å². The van der Waals surface area contributed by atoms with Crippen molar-refractivity contribution in [2.75, 3.05) is 14.2 Å². The second kappa shape index (κ2) is 7.89. The maximum atomic E-state index is 12.6. The van der Waals surface area contributed by atoms with E-state index < -0.39 is 0 Å². The van der Waals surface area contributed by atoms with Crippen molar-refractivity contribution in [2.45, 2.75) is 0 Å². The fraction of sp³-hybridized carbons (Fsp3) is 0.100. The van der Waals surface area contributed by atoms with Gasteiger partial charge in [0.05, 0.1) is 14.2 Å². The van der Waals surface area contributed by atoms with Gasteiger partial charge in [-0.3, -0.25) is 4.79 Å². The summed E-state index contributed by atoms with van der Waals surface area (Å²) in [6.07, 6.45) is 1.48. The van der Waals surface area contributed by atoms with Crippen LogP contribution in [0.4, 0.5) is 0 Å².